The Hall–Kier alpha value is -1.30. The second-order valence-electron chi connectivity index (χ2n) is 7.32. The van der Waals surface area contributed by atoms with Crippen LogP contribution in [0.5, 0.6) is 0 Å². The Morgan fingerprint density at radius 2 is 1.85 bits per heavy atom. The van der Waals surface area contributed by atoms with E-state index in [0.717, 1.165) is 24.2 Å². The van der Waals surface area contributed by atoms with Crippen LogP contribution in [-0.2, 0) is 0 Å². The monoisotopic (exact) mass is 275 g/mol. The molecule has 108 valence electrons. The molecule has 6 heteroatoms. The van der Waals surface area contributed by atoms with E-state index in [1.54, 1.807) is 0 Å². The maximum absolute atomic E-state index is 12.2. The van der Waals surface area contributed by atoms with Gasteiger partial charge in [0.05, 0.1) is 6.04 Å². The third-order valence-electron chi connectivity index (χ3n) is 5.71. The topological polar surface area (TPSA) is 86.7 Å². The molecule has 0 aromatic carbocycles. The molecule has 1 heterocycles. The zero-order chi connectivity index (χ0) is 13.7. The van der Waals surface area contributed by atoms with Crippen LogP contribution in [0.2, 0.25) is 0 Å². The second kappa shape index (κ2) is 4.35. The lowest BCUT2D eigenvalue weighted by molar-refractivity contribution is -0.0594. The maximum atomic E-state index is 12.2. The molecule has 2 N–H and O–H groups in total. The van der Waals surface area contributed by atoms with E-state index in [1.165, 1.54) is 49.5 Å². The molecular formula is C14H21N5O. The van der Waals surface area contributed by atoms with Crippen molar-refractivity contribution in [1.29, 1.82) is 0 Å². The van der Waals surface area contributed by atoms with Crippen LogP contribution in [0.3, 0.4) is 0 Å². The van der Waals surface area contributed by atoms with E-state index in [4.69, 9.17) is 5.73 Å². The number of hydrogen-bond donors (Lipinski definition) is 1. The van der Waals surface area contributed by atoms with Crippen LogP contribution in [0.1, 0.15) is 49.7 Å². The van der Waals surface area contributed by atoms with Gasteiger partial charge in [0.25, 0.3) is 5.91 Å². The van der Waals surface area contributed by atoms with Crippen LogP contribution in [0.15, 0.2) is 6.33 Å². The minimum atomic E-state index is -0.477. The average molecular weight is 275 g/mol. The Morgan fingerprint density at radius 1 is 1.25 bits per heavy atom. The van der Waals surface area contributed by atoms with Crippen molar-refractivity contribution in [3.8, 4) is 0 Å². The van der Waals surface area contributed by atoms with Gasteiger partial charge < -0.3 is 5.73 Å². The first kappa shape index (κ1) is 12.4. The van der Waals surface area contributed by atoms with E-state index in [9.17, 15) is 4.79 Å². The van der Waals surface area contributed by atoms with Gasteiger partial charge in [0.1, 0.15) is 6.33 Å². The predicted molar refractivity (Wildman–Crippen MR) is 71.6 cm³/mol. The van der Waals surface area contributed by atoms with Gasteiger partial charge in [-0.2, -0.15) is 4.68 Å². The molecule has 4 fully saturated rings. The first-order valence-corrected chi connectivity index (χ1v) is 7.66. The average Bonchev–Trinajstić information content (AvgIpc) is 2.89. The summed E-state index contributed by atoms with van der Waals surface area (Å²) in [6.07, 6.45) is 10.2. The van der Waals surface area contributed by atoms with Crippen molar-refractivity contribution in [2.75, 3.05) is 0 Å². The van der Waals surface area contributed by atoms with E-state index < -0.39 is 6.04 Å². The number of carbonyl (C=O) groups is 1. The Labute approximate surface area is 118 Å². The molecule has 0 saturated heterocycles. The fraction of sp³-hybridized carbons (Fsp3) is 0.857. The summed E-state index contributed by atoms with van der Waals surface area (Å²) >= 11 is 0. The summed E-state index contributed by atoms with van der Waals surface area (Å²) in [5.74, 6) is 2.48. The minimum absolute atomic E-state index is 0.175. The lowest BCUT2D eigenvalue weighted by Gasteiger charge is -2.57. The van der Waals surface area contributed by atoms with Crippen molar-refractivity contribution in [3.05, 3.63) is 6.33 Å². The van der Waals surface area contributed by atoms with Gasteiger partial charge in [-0.05, 0) is 78.5 Å². The fourth-order valence-electron chi connectivity index (χ4n) is 5.53. The van der Waals surface area contributed by atoms with E-state index in [0.29, 0.717) is 5.41 Å². The highest BCUT2D eigenvalue weighted by molar-refractivity contribution is 5.82. The molecular weight excluding hydrogens is 254 g/mol. The first-order valence-electron chi connectivity index (χ1n) is 7.66. The van der Waals surface area contributed by atoms with Crippen LogP contribution in [0.4, 0.5) is 0 Å². The zero-order valence-electron chi connectivity index (χ0n) is 11.6. The van der Waals surface area contributed by atoms with Crippen LogP contribution < -0.4 is 5.73 Å². The second-order valence-corrected chi connectivity index (χ2v) is 7.32. The summed E-state index contributed by atoms with van der Waals surface area (Å²) in [5.41, 5.74) is 6.48. The standard InChI is InChI=1S/C14H21N5O/c15-12(13(20)19-8-16-17-18-19)7-14-4-9-1-10(5-14)3-11(2-9)6-14/h8-12H,1-7,15H2. The number of aromatic nitrogens is 4. The number of nitrogens with zero attached hydrogens (tertiary/aromatic N) is 4. The van der Waals surface area contributed by atoms with E-state index >= 15 is 0 Å². The molecule has 4 aliphatic carbocycles. The molecule has 6 nitrogen and oxygen atoms in total. The summed E-state index contributed by atoms with van der Waals surface area (Å²) in [7, 11) is 0. The summed E-state index contributed by atoms with van der Waals surface area (Å²) in [6, 6.07) is -0.477. The Morgan fingerprint density at radius 3 is 2.35 bits per heavy atom. The lowest BCUT2D eigenvalue weighted by atomic mass is 9.48. The SMILES string of the molecule is NC(CC12CC3CC(CC(C3)C1)C2)C(=O)n1cnnn1. The molecule has 20 heavy (non-hydrogen) atoms. The van der Waals surface area contributed by atoms with Crippen LogP contribution in [0, 0.1) is 23.2 Å². The van der Waals surface area contributed by atoms with Crippen LogP contribution in [0.25, 0.3) is 0 Å². The summed E-state index contributed by atoms with van der Waals surface area (Å²) in [4.78, 5) is 12.2. The number of rotatable bonds is 3. The van der Waals surface area contributed by atoms with Crippen molar-refractivity contribution >= 4 is 5.91 Å². The Bertz CT molecular complexity index is 476. The normalized spacial score (nSPS) is 40.0. The largest absolute Gasteiger partial charge is 0.320 e. The van der Waals surface area contributed by atoms with Gasteiger partial charge in [0.15, 0.2) is 0 Å². The quantitative estimate of drug-likeness (QED) is 0.839. The van der Waals surface area contributed by atoms with Crippen molar-refractivity contribution in [2.24, 2.45) is 28.9 Å². The van der Waals surface area contributed by atoms with Gasteiger partial charge in [0.2, 0.25) is 0 Å². The molecule has 4 saturated carbocycles. The fourth-order valence-corrected chi connectivity index (χ4v) is 5.53. The van der Waals surface area contributed by atoms with Crippen LogP contribution >= 0.6 is 0 Å². The molecule has 1 aromatic heterocycles. The lowest BCUT2D eigenvalue weighted by Crippen LogP contribution is -2.50. The van der Waals surface area contributed by atoms with Crippen molar-refractivity contribution in [2.45, 2.75) is 51.0 Å². The van der Waals surface area contributed by atoms with Gasteiger partial charge in [-0.15, -0.1) is 5.10 Å². The Kier molecular flexibility index (Phi) is 2.70. The highest BCUT2D eigenvalue weighted by Crippen LogP contribution is 2.61. The first-order chi connectivity index (χ1) is 9.63. The molecule has 1 aromatic rings. The smallest absolute Gasteiger partial charge is 0.266 e. The summed E-state index contributed by atoms with van der Waals surface area (Å²) in [5, 5.41) is 10.7. The molecule has 0 aliphatic heterocycles. The maximum Gasteiger partial charge on any atom is 0.266 e. The molecule has 5 rings (SSSR count). The number of carbonyl (C=O) groups excluding carboxylic acids is 1. The van der Waals surface area contributed by atoms with Gasteiger partial charge in [-0.3, -0.25) is 4.79 Å². The van der Waals surface area contributed by atoms with Gasteiger partial charge in [-0.25, -0.2) is 0 Å². The molecule has 0 spiro atoms. The number of nitrogens with two attached hydrogens (primary N) is 1. The molecule has 0 amide bonds. The number of tetrazole rings is 1. The number of hydrogen-bond acceptors (Lipinski definition) is 5. The minimum Gasteiger partial charge on any atom is -0.320 e. The van der Waals surface area contributed by atoms with Gasteiger partial charge >= 0.3 is 0 Å². The van der Waals surface area contributed by atoms with Gasteiger partial charge in [-0.1, -0.05) is 0 Å². The molecule has 1 atom stereocenters. The third kappa shape index (κ3) is 1.97. The molecule has 4 bridgehead atoms. The molecule has 0 radical (unpaired) electrons. The zero-order valence-corrected chi connectivity index (χ0v) is 11.6. The third-order valence-corrected chi connectivity index (χ3v) is 5.71. The van der Waals surface area contributed by atoms with Crippen molar-refractivity contribution < 1.29 is 4.79 Å². The van der Waals surface area contributed by atoms with Crippen molar-refractivity contribution in [1.82, 2.24) is 20.2 Å². The predicted octanol–water partition coefficient (Wildman–Crippen LogP) is 1.25. The summed E-state index contributed by atoms with van der Waals surface area (Å²) in [6.45, 7) is 0. The van der Waals surface area contributed by atoms with E-state index in [2.05, 4.69) is 15.5 Å². The van der Waals surface area contributed by atoms with Gasteiger partial charge in [0, 0.05) is 0 Å². The Balaban J connectivity index is 1.50. The van der Waals surface area contributed by atoms with E-state index in [1.807, 2.05) is 0 Å². The highest BCUT2D eigenvalue weighted by Gasteiger charge is 2.51. The van der Waals surface area contributed by atoms with Crippen LogP contribution in [-0.4, -0.2) is 32.2 Å². The van der Waals surface area contributed by atoms with E-state index in [-0.39, 0.29) is 5.91 Å². The molecule has 1 unspecified atom stereocenters. The molecule has 4 aliphatic rings. The van der Waals surface area contributed by atoms with Crippen molar-refractivity contribution in [3.63, 3.8) is 0 Å². The summed E-state index contributed by atoms with van der Waals surface area (Å²) < 4.78 is 1.17. The highest BCUT2D eigenvalue weighted by atomic mass is 16.2.